The molecule has 9 nitrogen and oxygen atoms in total. The first kappa shape index (κ1) is 28.4. The molecule has 204 valence electrons. The maximum absolute atomic E-state index is 12.0. The fraction of sp³-hybridized carbons (Fsp3) is 0.357. The van der Waals surface area contributed by atoms with Crippen LogP contribution < -0.4 is 0 Å². The van der Waals surface area contributed by atoms with Gasteiger partial charge in [0.1, 0.15) is 25.0 Å². The second-order valence-corrected chi connectivity index (χ2v) is 10.4. The molecule has 39 heavy (non-hydrogen) atoms. The summed E-state index contributed by atoms with van der Waals surface area (Å²) in [5.74, 6) is -2.05. The summed E-state index contributed by atoms with van der Waals surface area (Å²) in [6, 6.07) is 15.8. The van der Waals surface area contributed by atoms with Gasteiger partial charge >= 0.3 is 17.9 Å². The second-order valence-electron chi connectivity index (χ2n) is 9.02. The van der Waals surface area contributed by atoms with Crippen molar-refractivity contribution in [3.63, 3.8) is 0 Å². The van der Waals surface area contributed by atoms with E-state index in [1.165, 1.54) is 32.1 Å². The van der Waals surface area contributed by atoms with Crippen LogP contribution >= 0.6 is 24.0 Å². The zero-order chi connectivity index (χ0) is 28.1. The minimum atomic E-state index is -1.02. The van der Waals surface area contributed by atoms with E-state index in [1.807, 2.05) is 53.9 Å². The number of thiol groups is 1. The number of thiophene rings is 1. The minimum absolute atomic E-state index is 0.0880. The van der Waals surface area contributed by atoms with Crippen molar-refractivity contribution in [1.29, 1.82) is 5.26 Å². The summed E-state index contributed by atoms with van der Waals surface area (Å²) in [7, 11) is 0. The zero-order valence-electron chi connectivity index (χ0n) is 21.6. The first-order valence-corrected chi connectivity index (χ1v) is 13.6. The Morgan fingerprint density at radius 1 is 1.08 bits per heavy atom. The number of allylic oxidation sites excluding steroid dienone is 2. The molecule has 1 aromatic carbocycles. The molecule has 2 aliphatic rings. The Morgan fingerprint density at radius 2 is 1.79 bits per heavy atom. The van der Waals surface area contributed by atoms with Crippen LogP contribution in [-0.2, 0) is 33.3 Å². The Kier molecular flexibility index (Phi) is 9.12. The molecule has 0 bridgehead atoms. The van der Waals surface area contributed by atoms with E-state index in [9.17, 15) is 19.6 Å². The molecule has 1 aromatic heterocycles. The summed E-state index contributed by atoms with van der Waals surface area (Å²) in [5.41, 5.74) is 2.02. The highest BCUT2D eigenvalue weighted by atomic mass is 32.1. The molecule has 0 N–H and O–H groups in total. The fourth-order valence-electron chi connectivity index (χ4n) is 4.73. The summed E-state index contributed by atoms with van der Waals surface area (Å²) in [4.78, 5) is 38.4. The second kappa shape index (κ2) is 12.5. The van der Waals surface area contributed by atoms with Crippen molar-refractivity contribution in [2.24, 2.45) is 0 Å². The predicted molar refractivity (Wildman–Crippen MR) is 146 cm³/mol. The Balaban J connectivity index is 1.80. The smallest absolute Gasteiger partial charge is 0.303 e. The molecule has 2 aliphatic heterocycles. The van der Waals surface area contributed by atoms with Crippen LogP contribution in [0.1, 0.15) is 43.6 Å². The highest BCUT2D eigenvalue weighted by molar-refractivity contribution is 7.84. The monoisotopic (exact) mass is 568 g/mol. The van der Waals surface area contributed by atoms with Gasteiger partial charge in [0.05, 0.1) is 22.6 Å². The van der Waals surface area contributed by atoms with Crippen LogP contribution in [0.2, 0.25) is 0 Å². The molecular weight excluding hydrogens is 540 g/mol. The van der Waals surface area contributed by atoms with Gasteiger partial charge in [-0.25, -0.2) is 0 Å². The molecule has 5 unspecified atom stereocenters. The molecule has 3 heterocycles. The highest BCUT2D eigenvalue weighted by Gasteiger charge is 2.47. The Morgan fingerprint density at radius 3 is 2.38 bits per heavy atom. The van der Waals surface area contributed by atoms with Crippen molar-refractivity contribution in [2.45, 2.75) is 57.6 Å². The van der Waals surface area contributed by atoms with Crippen LogP contribution in [0, 0.1) is 11.3 Å². The predicted octanol–water partition coefficient (Wildman–Crippen LogP) is 4.39. The number of benzene rings is 1. The van der Waals surface area contributed by atoms with E-state index < -0.39 is 42.4 Å². The summed E-state index contributed by atoms with van der Waals surface area (Å²) >= 11 is 6.36. The fourth-order valence-corrected chi connectivity index (χ4v) is 5.96. The average molecular weight is 569 g/mol. The molecule has 1 saturated heterocycles. The van der Waals surface area contributed by atoms with Gasteiger partial charge < -0.3 is 23.8 Å². The average Bonchev–Trinajstić information content (AvgIpc) is 3.43. The molecular formula is C28H28N2O7S2. The zero-order valence-corrected chi connectivity index (χ0v) is 23.3. The standard InChI is InChI=1S/C28H28N2O7S2/c1-16(31)34-15-24-27(36-18(3)33)23(35-17(2)32)13-26(37-24)30-22(19-8-5-4-6-9-19)12-20(21(14-29)28(30)38)25-10-7-11-39-25/h4-12,20,23-24,26-27,38H,13,15H2,1-3H3. The van der Waals surface area contributed by atoms with Crippen molar-refractivity contribution in [3.8, 4) is 6.07 Å². The third-order valence-corrected chi connectivity index (χ3v) is 7.67. The topological polar surface area (TPSA) is 115 Å². The number of nitriles is 1. The largest absolute Gasteiger partial charge is 0.463 e. The van der Waals surface area contributed by atoms with E-state index in [1.54, 1.807) is 4.90 Å². The van der Waals surface area contributed by atoms with Crippen LogP contribution in [0.5, 0.6) is 0 Å². The molecule has 0 aliphatic carbocycles. The number of hydrogen-bond acceptors (Lipinski definition) is 11. The SMILES string of the molecule is CC(=O)OCC1OC(N2C(c3ccccc3)=CC(c3cccs3)C(C#N)=C2S)CC(OC(C)=O)C1OC(C)=O. The molecule has 4 rings (SSSR count). The van der Waals surface area contributed by atoms with E-state index in [4.69, 9.17) is 31.6 Å². The highest BCUT2D eigenvalue weighted by Crippen LogP contribution is 2.45. The van der Waals surface area contributed by atoms with Crippen LogP contribution in [0.3, 0.4) is 0 Å². The summed E-state index contributed by atoms with van der Waals surface area (Å²) < 4.78 is 22.7. The van der Waals surface area contributed by atoms with Crippen molar-refractivity contribution in [2.75, 3.05) is 6.61 Å². The first-order valence-electron chi connectivity index (χ1n) is 12.3. The Labute approximate surface area is 236 Å². The third-order valence-electron chi connectivity index (χ3n) is 6.26. The Bertz CT molecular complexity index is 1320. The lowest BCUT2D eigenvalue weighted by atomic mass is 9.91. The lowest BCUT2D eigenvalue weighted by Gasteiger charge is -2.46. The van der Waals surface area contributed by atoms with Gasteiger partial charge in [-0.3, -0.25) is 14.4 Å². The summed E-state index contributed by atoms with van der Waals surface area (Å²) in [5, 5.41) is 12.5. The maximum atomic E-state index is 12.0. The molecule has 0 spiro atoms. The number of rotatable bonds is 7. The summed E-state index contributed by atoms with van der Waals surface area (Å²) in [6.45, 7) is 3.51. The van der Waals surface area contributed by atoms with Gasteiger partial charge in [0.2, 0.25) is 0 Å². The quantitative estimate of drug-likeness (QED) is 0.295. The minimum Gasteiger partial charge on any atom is -0.463 e. The van der Waals surface area contributed by atoms with Crippen molar-refractivity contribution < 1.29 is 33.3 Å². The number of carbonyl (C=O) groups excluding carboxylic acids is 3. The van der Waals surface area contributed by atoms with Crippen molar-refractivity contribution in [1.82, 2.24) is 4.90 Å². The lowest BCUT2D eigenvalue weighted by molar-refractivity contribution is -0.228. The van der Waals surface area contributed by atoms with Gasteiger partial charge in [-0.2, -0.15) is 5.26 Å². The van der Waals surface area contributed by atoms with E-state index in [2.05, 4.69) is 6.07 Å². The molecule has 11 heteroatoms. The third kappa shape index (κ3) is 6.53. The van der Waals surface area contributed by atoms with Crippen molar-refractivity contribution in [3.05, 3.63) is 75.0 Å². The molecule has 0 radical (unpaired) electrons. The summed E-state index contributed by atoms with van der Waals surface area (Å²) in [6.07, 6.45) is -1.62. The Hall–Kier alpha value is -3.59. The molecule has 5 atom stereocenters. The lowest BCUT2D eigenvalue weighted by Crippen LogP contribution is -2.57. The van der Waals surface area contributed by atoms with E-state index >= 15 is 0 Å². The molecule has 0 saturated carbocycles. The number of hydrogen-bond donors (Lipinski definition) is 1. The van der Waals surface area contributed by atoms with Crippen LogP contribution in [-0.4, -0.2) is 54.0 Å². The first-order chi connectivity index (χ1) is 18.7. The molecule has 0 amide bonds. The van der Waals surface area contributed by atoms with Gasteiger partial charge in [-0.15, -0.1) is 24.0 Å². The van der Waals surface area contributed by atoms with Crippen LogP contribution in [0.15, 0.2) is 64.5 Å². The van der Waals surface area contributed by atoms with Gasteiger partial charge in [0, 0.05) is 37.8 Å². The van der Waals surface area contributed by atoms with Gasteiger partial charge in [-0.1, -0.05) is 36.4 Å². The van der Waals surface area contributed by atoms with Crippen molar-refractivity contribution >= 4 is 47.6 Å². The molecule has 1 fully saturated rings. The maximum Gasteiger partial charge on any atom is 0.303 e. The van der Waals surface area contributed by atoms with Gasteiger partial charge in [0.15, 0.2) is 6.10 Å². The normalized spacial score (nSPS) is 24.8. The van der Waals surface area contributed by atoms with E-state index in [0.717, 1.165) is 16.1 Å². The molecule has 2 aromatic rings. The van der Waals surface area contributed by atoms with Gasteiger partial charge in [0.25, 0.3) is 0 Å². The number of carbonyl (C=O) groups is 3. The number of ether oxygens (including phenoxy) is 4. The van der Waals surface area contributed by atoms with Gasteiger partial charge in [-0.05, 0) is 23.1 Å². The van der Waals surface area contributed by atoms with E-state index in [0.29, 0.717) is 10.6 Å². The van der Waals surface area contributed by atoms with Crippen LogP contribution in [0.25, 0.3) is 5.70 Å². The van der Waals surface area contributed by atoms with E-state index in [-0.39, 0.29) is 18.9 Å². The van der Waals surface area contributed by atoms with Crippen LogP contribution in [0.4, 0.5) is 0 Å². The number of nitrogens with zero attached hydrogens (tertiary/aromatic N) is 2. The number of esters is 3.